The van der Waals surface area contributed by atoms with Gasteiger partial charge in [-0.1, -0.05) is 26.0 Å². The molecule has 2 aromatic rings. The van der Waals surface area contributed by atoms with Crippen LogP contribution < -0.4 is 0 Å². The number of phenols is 1. The van der Waals surface area contributed by atoms with E-state index < -0.39 is 5.97 Å². The van der Waals surface area contributed by atoms with E-state index in [-0.39, 0.29) is 17.4 Å². The van der Waals surface area contributed by atoms with Crippen molar-refractivity contribution in [3.63, 3.8) is 0 Å². The summed E-state index contributed by atoms with van der Waals surface area (Å²) >= 11 is 0. The molecule has 0 saturated heterocycles. The van der Waals surface area contributed by atoms with Gasteiger partial charge in [0.05, 0.1) is 5.69 Å². The molecule has 2 rings (SSSR count). The number of carbonyl (C=O) groups is 1. The lowest BCUT2D eigenvalue weighted by Gasteiger charge is -2.15. The highest BCUT2D eigenvalue weighted by Gasteiger charge is 2.19. The molecule has 20 heavy (non-hydrogen) atoms. The molecule has 1 aromatic carbocycles. The number of aromatic nitrogens is 2. The van der Waals surface area contributed by atoms with Crippen molar-refractivity contribution in [2.24, 2.45) is 7.05 Å². The number of aromatic hydroxyl groups is 1. The molecule has 0 saturated carbocycles. The molecule has 0 spiro atoms. The van der Waals surface area contributed by atoms with Gasteiger partial charge < -0.3 is 10.2 Å². The highest BCUT2D eigenvalue weighted by Crippen LogP contribution is 2.38. The Balaban J connectivity index is 2.69. The standard InChI is InChI=1S/C15H18N2O3/c1-8(2)10-6-5-9(3)13(14(10)18)12-7-11(15(19)20)16-17(12)4/h5-8,18H,1-4H3,(H,19,20). The second kappa shape index (κ2) is 5.00. The molecule has 5 nitrogen and oxygen atoms in total. The van der Waals surface area contributed by atoms with E-state index >= 15 is 0 Å². The molecule has 0 atom stereocenters. The van der Waals surface area contributed by atoms with Crippen LogP contribution in [0.3, 0.4) is 0 Å². The van der Waals surface area contributed by atoms with E-state index in [0.29, 0.717) is 11.3 Å². The molecule has 0 aliphatic heterocycles. The van der Waals surface area contributed by atoms with E-state index in [1.165, 1.54) is 10.7 Å². The van der Waals surface area contributed by atoms with E-state index in [1.807, 2.05) is 32.9 Å². The summed E-state index contributed by atoms with van der Waals surface area (Å²) < 4.78 is 1.48. The fraction of sp³-hybridized carbons (Fsp3) is 0.333. The quantitative estimate of drug-likeness (QED) is 0.902. The minimum Gasteiger partial charge on any atom is -0.507 e. The summed E-state index contributed by atoms with van der Waals surface area (Å²) in [6, 6.07) is 5.31. The Morgan fingerprint density at radius 1 is 1.35 bits per heavy atom. The lowest BCUT2D eigenvalue weighted by molar-refractivity contribution is 0.0689. The first kappa shape index (κ1) is 14.1. The highest BCUT2D eigenvalue weighted by molar-refractivity contribution is 5.87. The van der Waals surface area contributed by atoms with Crippen molar-refractivity contribution in [3.05, 3.63) is 35.0 Å². The van der Waals surface area contributed by atoms with Crippen LogP contribution in [-0.4, -0.2) is 26.0 Å². The molecule has 1 heterocycles. The van der Waals surface area contributed by atoms with Crippen LogP contribution in [0.5, 0.6) is 5.75 Å². The summed E-state index contributed by atoms with van der Waals surface area (Å²) in [5.74, 6) is -0.703. The zero-order valence-electron chi connectivity index (χ0n) is 12.0. The first-order valence-corrected chi connectivity index (χ1v) is 6.43. The van der Waals surface area contributed by atoms with Crippen LogP contribution in [0.1, 0.15) is 41.4 Å². The van der Waals surface area contributed by atoms with Gasteiger partial charge in [0.1, 0.15) is 5.75 Å². The van der Waals surface area contributed by atoms with Gasteiger partial charge in [-0.15, -0.1) is 0 Å². The Labute approximate surface area is 117 Å². The highest BCUT2D eigenvalue weighted by atomic mass is 16.4. The molecule has 0 radical (unpaired) electrons. The van der Waals surface area contributed by atoms with Crippen LogP contribution in [0, 0.1) is 6.92 Å². The van der Waals surface area contributed by atoms with Crippen molar-refractivity contribution in [1.82, 2.24) is 9.78 Å². The predicted octanol–water partition coefficient (Wildman–Crippen LogP) is 2.92. The first-order chi connectivity index (χ1) is 9.32. The van der Waals surface area contributed by atoms with Gasteiger partial charge in [-0.2, -0.15) is 5.10 Å². The number of aromatic carboxylic acids is 1. The molecule has 0 aliphatic rings. The summed E-state index contributed by atoms with van der Waals surface area (Å²) in [7, 11) is 1.67. The predicted molar refractivity (Wildman–Crippen MR) is 76.1 cm³/mol. The van der Waals surface area contributed by atoms with Crippen LogP contribution in [0.4, 0.5) is 0 Å². The molecule has 0 amide bonds. The number of carboxylic acid groups (broad SMARTS) is 1. The number of hydrogen-bond acceptors (Lipinski definition) is 3. The zero-order valence-corrected chi connectivity index (χ0v) is 12.0. The first-order valence-electron chi connectivity index (χ1n) is 6.43. The molecule has 0 fully saturated rings. The van der Waals surface area contributed by atoms with Gasteiger partial charge in [0, 0.05) is 12.6 Å². The molecule has 1 aromatic heterocycles. The van der Waals surface area contributed by atoms with Crippen molar-refractivity contribution < 1.29 is 15.0 Å². The van der Waals surface area contributed by atoms with Crippen LogP contribution in [0.15, 0.2) is 18.2 Å². The smallest absolute Gasteiger partial charge is 0.356 e. The second-order valence-electron chi connectivity index (χ2n) is 5.19. The number of nitrogens with zero attached hydrogens (tertiary/aromatic N) is 2. The summed E-state index contributed by atoms with van der Waals surface area (Å²) in [6.45, 7) is 5.88. The van der Waals surface area contributed by atoms with Crippen molar-refractivity contribution in [1.29, 1.82) is 0 Å². The molecule has 0 unspecified atom stereocenters. The van der Waals surface area contributed by atoms with Crippen molar-refractivity contribution in [3.8, 4) is 17.0 Å². The molecule has 0 aliphatic carbocycles. The van der Waals surface area contributed by atoms with Gasteiger partial charge in [0.2, 0.25) is 0 Å². The van der Waals surface area contributed by atoms with E-state index in [2.05, 4.69) is 5.10 Å². The molecular weight excluding hydrogens is 256 g/mol. The van der Waals surface area contributed by atoms with Crippen LogP contribution in [-0.2, 0) is 7.05 Å². The fourth-order valence-electron chi connectivity index (χ4n) is 2.30. The summed E-state index contributed by atoms with van der Waals surface area (Å²) in [4.78, 5) is 11.0. The fourth-order valence-corrected chi connectivity index (χ4v) is 2.30. The topological polar surface area (TPSA) is 75.3 Å². The molecular formula is C15H18N2O3. The number of phenolic OH excluding ortho intramolecular Hbond substituents is 1. The van der Waals surface area contributed by atoms with Crippen molar-refractivity contribution >= 4 is 5.97 Å². The van der Waals surface area contributed by atoms with Crippen LogP contribution >= 0.6 is 0 Å². The molecule has 106 valence electrons. The molecule has 5 heteroatoms. The van der Waals surface area contributed by atoms with Crippen molar-refractivity contribution in [2.45, 2.75) is 26.7 Å². The third kappa shape index (κ3) is 2.27. The van der Waals surface area contributed by atoms with Gasteiger partial charge in [0.25, 0.3) is 0 Å². The SMILES string of the molecule is Cc1ccc(C(C)C)c(O)c1-c1cc(C(=O)O)nn1C. The van der Waals surface area contributed by atoms with Crippen molar-refractivity contribution in [2.75, 3.05) is 0 Å². The zero-order chi connectivity index (χ0) is 15.0. The van der Waals surface area contributed by atoms with Gasteiger partial charge in [0.15, 0.2) is 5.69 Å². The minimum atomic E-state index is -1.08. The van der Waals surface area contributed by atoms with Gasteiger partial charge >= 0.3 is 5.97 Å². The lowest BCUT2D eigenvalue weighted by Crippen LogP contribution is -2.00. The number of hydrogen-bond donors (Lipinski definition) is 2. The third-order valence-electron chi connectivity index (χ3n) is 3.39. The van der Waals surface area contributed by atoms with Crippen LogP contribution in [0.25, 0.3) is 11.3 Å². The average Bonchev–Trinajstić information content (AvgIpc) is 2.71. The summed E-state index contributed by atoms with van der Waals surface area (Å²) in [5.41, 5.74) is 2.92. The number of benzene rings is 1. The Bertz CT molecular complexity index is 672. The summed E-state index contributed by atoms with van der Waals surface area (Å²) in [6.07, 6.45) is 0. The number of rotatable bonds is 3. The Kier molecular flexibility index (Phi) is 3.53. The maximum absolute atomic E-state index is 11.0. The Morgan fingerprint density at radius 2 is 2.00 bits per heavy atom. The normalized spacial score (nSPS) is 11.1. The van der Waals surface area contributed by atoms with E-state index in [0.717, 1.165) is 11.1 Å². The maximum atomic E-state index is 11.0. The largest absolute Gasteiger partial charge is 0.507 e. The Hall–Kier alpha value is -2.30. The van der Waals surface area contributed by atoms with Gasteiger partial charge in [-0.25, -0.2) is 4.79 Å². The van der Waals surface area contributed by atoms with Gasteiger partial charge in [-0.05, 0) is 30.0 Å². The second-order valence-corrected chi connectivity index (χ2v) is 5.19. The van der Waals surface area contributed by atoms with Crippen LogP contribution in [0.2, 0.25) is 0 Å². The third-order valence-corrected chi connectivity index (χ3v) is 3.39. The van der Waals surface area contributed by atoms with E-state index in [9.17, 15) is 9.90 Å². The van der Waals surface area contributed by atoms with E-state index in [1.54, 1.807) is 7.05 Å². The van der Waals surface area contributed by atoms with E-state index in [4.69, 9.17) is 5.11 Å². The van der Waals surface area contributed by atoms with Gasteiger partial charge in [-0.3, -0.25) is 4.68 Å². The number of aryl methyl sites for hydroxylation is 2. The molecule has 2 N–H and O–H groups in total. The Morgan fingerprint density at radius 3 is 2.50 bits per heavy atom. The minimum absolute atomic E-state index is 0.0312. The average molecular weight is 274 g/mol. The maximum Gasteiger partial charge on any atom is 0.356 e. The summed E-state index contributed by atoms with van der Waals surface area (Å²) in [5, 5.41) is 23.4. The number of carboxylic acids is 1. The molecule has 0 bridgehead atoms. The monoisotopic (exact) mass is 274 g/mol. The lowest BCUT2D eigenvalue weighted by atomic mass is 9.94.